The van der Waals surface area contributed by atoms with E-state index in [2.05, 4.69) is 20.8 Å². The Labute approximate surface area is 120 Å². The summed E-state index contributed by atoms with van der Waals surface area (Å²) < 4.78 is 1.42. The minimum atomic E-state index is -0.828. The van der Waals surface area contributed by atoms with Gasteiger partial charge in [-0.2, -0.15) is 4.68 Å². The van der Waals surface area contributed by atoms with Gasteiger partial charge in [-0.25, -0.2) is 0 Å². The quantitative estimate of drug-likeness (QED) is 0.724. The Bertz CT molecular complexity index is 612. The van der Waals surface area contributed by atoms with Crippen molar-refractivity contribution in [3.63, 3.8) is 0 Å². The van der Waals surface area contributed by atoms with Crippen LogP contribution in [0.4, 0.5) is 0 Å². The number of tetrazole rings is 1. The Balaban J connectivity index is 1.95. The molecule has 0 radical (unpaired) electrons. The number of carbonyl (C=O) groups is 2. The number of hydrogen-bond acceptors (Lipinski definition) is 5. The molecule has 110 valence electrons. The molecule has 1 aromatic carbocycles. The third-order valence-corrected chi connectivity index (χ3v) is 2.85. The summed E-state index contributed by atoms with van der Waals surface area (Å²) in [5, 5.41) is 22.2. The molecule has 0 atom stereocenters. The van der Waals surface area contributed by atoms with E-state index in [1.807, 2.05) is 0 Å². The molecule has 1 heterocycles. The van der Waals surface area contributed by atoms with Gasteiger partial charge in [0.1, 0.15) is 6.33 Å². The molecule has 0 unspecified atom stereocenters. The second-order valence-electron chi connectivity index (χ2n) is 4.38. The number of carbonyl (C=O) groups excluding carboxylic acids is 1. The summed E-state index contributed by atoms with van der Waals surface area (Å²) in [6, 6.07) is 6.98. The van der Waals surface area contributed by atoms with E-state index in [1.165, 1.54) is 11.0 Å². The lowest BCUT2D eigenvalue weighted by atomic mass is 10.1. The standard InChI is InChI=1S/C13H15N5O3/c19-12(20)7-3-4-8-14-13(21)10-5-1-2-6-11(10)18-9-15-16-17-18/h1-2,5-6,9H,3-4,7-8H2,(H,14,21)(H,19,20). The van der Waals surface area contributed by atoms with Gasteiger partial charge in [0.15, 0.2) is 0 Å². The summed E-state index contributed by atoms with van der Waals surface area (Å²) >= 11 is 0. The van der Waals surface area contributed by atoms with Gasteiger partial charge in [-0.05, 0) is 35.4 Å². The number of hydrogen-bond donors (Lipinski definition) is 2. The van der Waals surface area contributed by atoms with Crippen LogP contribution < -0.4 is 5.32 Å². The van der Waals surface area contributed by atoms with Gasteiger partial charge < -0.3 is 10.4 Å². The van der Waals surface area contributed by atoms with E-state index in [1.54, 1.807) is 24.3 Å². The molecular weight excluding hydrogens is 274 g/mol. The third kappa shape index (κ3) is 4.10. The van der Waals surface area contributed by atoms with Crippen molar-refractivity contribution in [3.8, 4) is 5.69 Å². The van der Waals surface area contributed by atoms with Gasteiger partial charge in [0.25, 0.3) is 5.91 Å². The van der Waals surface area contributed by atoms with Crippen LogP contribution in [0.2, 0.25) is 0 Å². The average Bonchev–Trinajstić information content (AvgIpc) is 3.00. The number of nitrogens with zero attached hydrogens (tertiary/aromatic N) is 4. The zero-order valence-electron chi connectivity index (χ0n) is 11.3. The number of unbranched alkanes of at least 4 members (excludes halogenated alkanes) is 1. The largest absolute Gasteiger partial charge is 0.481 e. The number of carboxylic acids is 1. The van der Waals surface area contributed by atoms with Crippen LogP contribution in [0.15, 0.2) is 30.6 Å². The van der Waals surface area contributed by atoms with Gasteiger partial charge in [-0.1, -0.05) is 12.1 Å². The highest BCUT2D eigenvalue weighted by molar-refractivity contribution is 5.97. The minimum absolute atomic E-state index is 0.108. The minimum Gasteiger partial charge on any atom is -0.481 e. The Morgan fingerprint density at radius 1 is 1.24 bits per heavy atom. The van der Waals surface area contributed by atoms with Crippen molar-refractivity contribution in [3.05, 3.63) is 36.2 Å². The van der Waals surface area contributed by atoms with Gasteiger partial charge in [-0.3, -0.25) is 9.59 Å². The molecule has 8 nitrogen and oxygen atoms in total. The van der Waals surface area contributed by atoms with Gasteiger partial charge >= 0.3 is 5.97 Å². The first-order chi connectivity index (χ1) is 10.2. The number of rotatable bonds is 7. The van der Waals surface area contributed by atoms with Crippen molar-refractivity contribution >= 4 is 11.9 Å². The SMILES string of the molecule is O=C(O)CCCCNC(=O)c1ccccc1-n1cnnn1. The van der Waals surface area contributed by atoms with Crippen LogP contribution in [0.3, 0.4) is 0 Å². The lowest BCUT2D eigenvalue weighted by Crippen LogP contribution is -2.25. The Morgan fingerprint density at radius 3 is 2.76 bits per heavy atom. The summed E-state index contributed by atoms with van der Waals surface area (Å²) in [7, 11) is 0. The van der Waals surface area contributed by atoms with E-state index in [9.17, 15) is 9.59 Å². The molecule has 0 saturated carbocycles. The van der Waals surface area contributed by atoms with Gasteiger partial charge in [0.05, 0.1) is 11.3 Å². The monoisotopic (exact) mass is 289 g/mol. The molecule has 2 rings (SSSR count). The second-order valence-corrected chi connectivity index (χ2v) is 4.38. The molecule has 2 N–H and O–H groups in total. The van der Waals surface area contributed by atoms with E-state index in [4.69, 9.17) is 5.11 Å². The van der Waals surface area contributed by atoms with Crippen molar-refractivity contribution in [1.29, 1.82) is 0 Å². The predicted octanol–water partition coefficient (Wildman–Crippen LogP) is 0.647. The smallest absolute Gasteiger partial charge is 0.303 e. The molecule has 1 amide bonds. The van der Waals surface area contributed by atoms with Gasteiger partial charge in [0.2, 0.25) is 0 Å². The third-order valence-electron chi connectivity index (χ3n) is 2.85. The van der Waals surface area contributed by atoms with Crippen LogP contribution in [-0.2, 0) is 4.79 Å². The maximum Gasteiger partial charge on any atom is 0.303 e. The fourth-order valence-corrected chi connectivity index (χ4v) is 1.84. The van der Waals surface area contributed by atoms with Crippen molar-refractivity contribution in [2.45, 2.75) is 19.3 Å². The number of para-hydroxylation sites is 1. The normalized spacial score (nSPS) is 10.3. The van der Waals surface area contributed by atoms with E-state index < -0.39 is 5.97 Å². The zero-order valence-corrected chi connectivity index (χ0v) is 11.3. The lowest BCUT2D eigenvalue weighted by molar-refractivity contribution is -0.137. The van der Waals surface area contributed by atoms with E-state index >= 15 is 0 Å². The van der Waals surface area contributed by atoms with Crippen LogP contribution in [0, 0.1) is 0 Å². The maximum atomic E-state index is 12.1. The van der Waals surface area contributed by atoms with Crippen molar-refractivity contribution in [2.24, 2.45) is 0 Å². The highest BCUT2D eigenvalue weighted by Crippen LogP contribution is 2.12. The summed E-state index contributed by atoms with van der Waals surface area (Å²) in [6.07, 6.45) is 2.67. The molecule has 0 aliphatic rings. The van der Waals surface area contributed by atoms with Crippen molar-refractivity contribution in [1.82, 2.24) is 25.5 Å². The molecule has 8 heteroatoms. The first kappa shape index (κ1) is 14.6. The molecule has 0 aliphatic carbocycles. The average molecular weight is 289 g/mol. The van der Waals surface area contributed by atoms with Crippen LogP contribution in [0.5, 0.6) is 0 Å². The number of nitrogens with one attached hydrogen (secondary N) is 1. The highest BCUT2D eigenvalue weighted by atomic mass is 16.4. The Morgan fingerprint density at radius 2 is 2.05 bits per heavy atom. The molecule has 21 heavy (non-hydrogen) atoms. The van der Waals surface area contributed by atoms with Crippen LogP contribution in [0.25, 0.3) is 5.69 Å². The molecule has 0 fully saturated rings. The fraction of sp³-hybridized carbons (Fsp3) is 0.308. The molecule has 0 saturated heterocycles. The molecule has 1 aromatic heterocycles. The lowest BCUT2D eigenvalue weighted by Gasteiger charge is -2.09. The molecule has 0 aliphatic heterocycles. The van der Waals surface area contributed by atoms with E-state index in [-0.39, 0.29) is 12.3 Å². The number of amides is 1. The molecule has 0 spiro atoms. The summed E-state index contributed by atoms with van der Waals surface area (Å²) in [4.78, 5) is 22.5. The zero-order chi connectivity index (χ0) is 15.1. The fourth-order valence-electron chi connectivity index (χ4n) is 1.84. The maximum absolute atomic E-state index is 12.1. The Hall–Kier alpha value is -2.77. The van der Waals surface area contributed by atoms with Crippen LogP contribution >= 0.6 is 0 Å². The predicted molar refractivity (Wildman–Crippen MR) is 73.0 cm³/mol. The summed E-state index contributed by atoms with van der Waals surface area (Å²) in [5.74, 6) is -1.07. The number of benzene rings is 1. The van der Waals surface area contributed by atoms with Gasteiger partial charge in [0, 0.05) is 13.0 Å². The molecule has 0 bridgehead atoms. The van der Waals surface area contributed by atoms with E-state index in [0.29, 0.717) is 30.6 Å². The number of aliphatic carboxylic acids is 1. The Kier molecular flexibility index (Phi) is 4.97. The van der Waals surface area contributed by atoms with Crippen LogP contribution in [-0.4, -0.2) is 43.7 Å². The van der Waals surface area contributed by atoms with Crippen molar-refractivity contribution in [2.75, 3.05) is 6.54 Å². The van der Waals surface area contributed by atoms with E-state index in [0.717, 1.165) is 0 Å². The van der Waals surface area contributed by atoms with Crippen LogP contribution in [0.1, 0.15) is 29.6 Å². The first-order valence-electron chi connectivity index (χ1n) is 6.51. The molecule has 2 aromatic rings. The second kappa shape index (κ2) is 7.13. The number of carboxylic acid groups (broad SMARTS) is 1. The first-order valence-corrected chi connectivity index (χ1v) is 6.51. The summed E-state index contributed by atoms with van der Waals surface area (Å²) in [5.41, 5.74) is 1.05. The van der Waals surface area contributed by atoms with Gasteiger partial charge in [-0.15, -0.1) is 5.10 Å². The highest BCUT2D eigenvalue weighted by Gasteiger charge is 2.12. The van der Waals surface area contributed by atoms with Crippen molar-refractivity contribution < 1.29 is 14.7 Å². The molecular formula is C13H15N5O3. The number of aromatic nitrogens is 4. The topological polar surface area (TPSA) is 110 Å². The summed E-state index contributed by atoms with van der Waals surface area (Å²) in [6.45, 7) is 0.427.